The van der Waals surface area contributed by atoms with Crippen LogP contribution < -0.4 is 0 Å². The molecular formula is C19H16N2O7. The Kier molecular flexibility index (Phi) is 5.35. The van der Waals surface area contributed by atoms with E-state index >= 15 is 0 Å². The summed E-state index contributed by atoms with van der Waals surface area (Å²) >= 11 is 0. The first-order valence-electron chi connectivity index (χ1n) is 8.45. The van der Waals surface area contributed by atoms with Crippen molar-refractivity contribution in [1.82, 2.24) is 0 Å². The van der Waals surface area contributed by atoms with Crippen LogP contribution in [0.3, 0.4) is 0 Å². The van der Waals surface area contributed by atoms with E-state index in [0.717, 1.165) is 0 Å². The van der Waals surface area contributed by atoms with E-state index in [-0.39, 0.29) is 28.3 Å². The van der Waals surface area contributed by atoms with Gasteiger partial charge in [-0.2, -0.15) is 0 Å². The standard InChI is InChI=1S/C19H16N2O7/c1-2-27-19(23)16-15(13-9-6-10-14(11-13)20(24)25)18(28-21(16)26)17(22)12-7-4-3-5-8-12/h3-11,15,18H,2H2,1H3/t15-,18+/m0/s1. The molecule has 0 aliphatic carbocycles. The average Bonchev–Trinajstić information content (AvgIpc) is 3.05. The van der Waals surface area contributed by atoms with E-state index in [1.54, 1.807) is 37.3 Å². The molecule has 0 spiro atoms. The maximum absolute atomic E-state index is 12.9. The largest absolute Gasteiger partial charge is 0.458 e. The van der Waals surface area contributed by atoms with Gasteiger partial charge in [-0.15, -0.1) is 0 Å². The van der Waals surface area contributed by atoms with Gasteiger partial charge < -0.3 is 9.57 Å². The summed E-state index contributed by atoms with van der Waals surface area (Å²) < 4.78 is 4.92. The van der Waals surface area contributed by atoms with Crippen molar-refractivity contribution in [2.24, 2.45) is 0 Å². The number of benzene rings is 2. The number of carbonyl (C=O) groups is 2. The number of non-ortho nitro benzene ring substituents is 1. The smallest absolute Gasteiger partial charge is 0.405 e. The molecule has 2 atom stereocenters. The molecule has 0 radical (unpaired) electrons. The highest BCUT2D eigenvalue weighted by molar-refractivity contribution is 6.37. The number of carbonyl (C=O) groups excluding carboxylic acids is 2. The lowest BCUT2D eigenvalue weighted by Crippen LogP contribution is -2.33. The van der Waals surface area contributed by atoms with Gasteiger partial charge in [-0.3, -0.25) is 20.1 Å². The van der Waals surface area contributed by atoms with Crippen molar-refractivity contribution in [2.75, 3.05) is 6.61 Å². The van der Waals surface area contributed by atoms with Gasteiger partial charge in [0.25, 0.3) is 5.69 Å². The predicted octanol–water partition coefficient (Wildman–Crippen LogP) is 2.39. The number of nitro groups is 1. The van der Waals surface area contributed by atoms with Crippen molar-refractivity contribution in [3.8, 4) is 0 Å². The van der Waals surface area contributed by atoms with Crippen LogP contribution in [0.15, 0.2) is 54.6 Å². The number of nitro benzene ring substituents is 1. The summed E-state index contributed by atoms with van der Waals surface area (Å²) in [5.74, 6) is -2.63. The van der Waals surface area contributed by atoms with Crippen LogP contribution >= 0.6 is 0 Å². The molecule has 0 bridgehead atoms. The molecule has 9 nitrogen and oxygen atoms in total. The molecule has 1 aliphatic rings. The van der Waals surface area contributed by atoms with E-state index in [4.69, 9.17) is 9.57 Å². The first-order chi connectivity index (χ1) is 13.4. The van der Waals surface area contributed by atoms with Crippen LogP contribution in [0.5, 0.6) is 0 Å². The number of rotatable bonds is 6. The van der Waals surface area contributed by atoms with Crippen LogP contribution in [-0.4, -0.2) is 40.0 Å². The quantitative estimate of drug-likeness (QED) is 0.246. The van der Waals surface area contributed by atoms with E-state index < -0.39 is 34.4 Å². The highest BCUT2D eigenvalue weighted by Gasteiger charge is 2.49. The molecule has 144 valence electrons. The van der Waals surface area contributed by atoms with E-state index in [1.165, 1.54) is 24.3 Å². The highest BCUT2D eigenvalue weighted by Crippen LogP contribution is 2.33. The minimum Gasteiger partial charge on any atom is -0.458 e. The SMILES string of the molecule is CCOC(=O)C1=[N+]([O-])O[C@@H](C(=O)c2ccccc2)[C@H]1c1cccc([N+](=O)[O-])c1. The summed E-state index contributed by atoms with van der Waals surface area (Å²) in [4.78, 5) is 40.9. The first kappa shape index (κ1) is 19.0. The van der Waals surface area contributed by atoms with Gasteiger partial charge in [0.15, 0.2) is 5.78 Å². The second-order valence-corrected chi connectivity index (χ2v) is 5.95. The number of nitrogens with zero attached hydrogens (tertiary/aromatic N) is 2. The molecule has 0 aromatic heterocycles. The molecule has 0 N–H and O–H groups in total. The fourth-order valence-electron chi connectivity index (χ4n) is 3.01. The van der Waals surface area contributed by atoms with Crippen molar-refractivity contribution in [3.63, 3.8) is 0 Å². The maximum Gasteiger partial charge on any atom is 0.405 e. The fraction of sp³-hybridized carbons (Fsp3) is 0.211. The lowest BCUT2D eigenvalue weighted by Gasteiger charge is -2.18. The molecule has 2 aromatic carbocycles. The van der Waals surface area contributed by atoms with Crippen LogP contribution in [0.25, 0.3) is 0 Å². The highest BCUT2D eigenvalue weighted by atomic mass is 16.9. The molecule has 9 heteroatoms. The third-order valence-corrected chi connectivity index (χ3v) is 4.24. The third kappa shape index (κ3) is 3.54. The lowest BCUT2D eigenvalue weighted by atomic mass is 9.85. The number of hydrogen-bond acceptors (Lipinski definition) is 7. The number of ether oxygens (including phenoxy) is 1. The number of ketones is 1. The van der Waals surface area contributed by atoms with Gasteiger partial charge in [-0.1, -0.05) is 42.5 Å². The molecule has 0 saturated heterocycles. The van der Waals surface area contributed by atoms with Gasteiger partial charge in [0.2, 0.25) is 0 Å². The zero-order valence-electron chi connectivity index (χ0n) is 14.8. The zero-order valence-corrected chi connectivity index (χ0v) is 14.8. The number of Topliss-reactive ketones (excluding diaryl/α,β-unsaturated/α-hetero) is 1. The van der Waals surface area contributed by atoms with Crippen molar-refractivity contribution in [2.45, 2.75) is 18.9 Å². The van der Waals surface area contributed by atoms with E-state index in [0.29, 0.717) is 0 Å². The first-order valence-corrected chi connectivity index (χ1v) is 8.45. The molecule has 0 fully saturated rings. The number of esters is 1. The molecule has 3 rings (SSSR count). The Balaban J connectivity index is 2.08. The lowest BCUT2D eigenvalue weighted by molar-refractivity contribution is -0.736. The van der Waals surface area contributed by atoms with Crippen LogP contribution in [0, 0.1) is 15.3 Å². The van der Waals surface area contributed by atoms with Crippen molar-refractivity contribution < 1.29 is 29.0 Å². The Morgan fingerprint density at radius 3 is 2.54 bits per heavy atom. The topological polar surface area (TPSA) is 122 Å². The fourth-order valence-corrected chi connectivity index (χ4v) is 3.01. The van der Waals surface area contributed by atoms with Gasteiger partial charge in [-0.05, 0) is 12.5 Å². The summed E-state index contributed by atoms with van der Waals surface area (Å²) in [6.45, 7) is 1.58. The van der Waals surface area contributed by atoms with E-state index in [1.807, 2.05) is 0 Å². The Labute approximate surface area is 159 Å². The molecule has 0 saturated carbocycles. The summed E-state index contributed by atoms with van der Waals surface area (Å²) in [5, 5.41) is 23.4. The molecule has 1 aliphatic heterocycles. The Morgan fingerprint density at radius 2 is 1.89 bits per heavy atom. The average molecular weight is 384 g/mol. The maximum atomic E-state index is 12.9. The molecule has 0 unspecified atom stereocenters. The molecule has 1 heterocycles. The van der Waals surface area contributed by atoms with Crippen LogP contribution in [-0.2, 0) is 14.4 Å². The second kappa shape index (κ2) is 7.87. The Morgan fingerprint density at radius 1 is 1.18 bits per heavy atom. The van der Waals surface area contributed by atoms with Crippen molar-refractivity contribution >= 4 is 23.2 Å². The van der Waals surface area contributed by atoms with Crippen LogP contribution in [0.2, 0.25) is 0 Å². The Hall–Kier alpha value is -3.75. The van der Waals surface area contributed by atoms with E-state index in [9.17, 15) is 24.9 Å². The van der Waals surface area contributed by atoms with E-state index in [2.05, 4.69) is 0 Å². The molecule has 28 heavy (non-hydrogen) atoms. The van der Waals surface area contributed by atoms with Crippen LogP contribution in [0.4, 0.5) is 5.69 Å². The van der Waals surface area contributed by atoms with Crippen LogP contribution in [0.1, 0.15) is 28.8 Å². The predicted molar refractivity (Wildman–Crippen MR) is 96.8 cm³/mol. The summed E-state index contributed by atoms with van der Waals surface area (Å²) in [5.41, 5.74) is -0.168. The molecule has 2 aromatic rings. The van der Waals surface area contributed by atoms with Gasteiger partial charge in [0, 0.05) is 17.7 Å². The monoisotopic (exact) mass is 384 g/mol. The second-order valence-electron chi connectivity index (χ2n) is 5.95. The normalized spacial score (nSPS) is 18.5. The molecule has 0 amide bonds. The van der Waals surface area contributed by atoms with Crippen molar-refractivity contribution in [1.29, 1.82) is 0 Å². The van der Waals surface area contributed by atoms with Gasteiger partial charge in [-0.25, -0.2) is 4.79 Å². The third-order valence-electron chi connectivity index (χ3n) is 4.24. The molecular weight excluding hydrogens is 368 g/mol. The van der Waals surface area contributed by atoms with Crippen molar-refractivity contribution in [3.05, 3.63) is 81.0 Å². The Bertz CT molecular complexity index is 956. The van der Waals surface area contributed by atoms with Gasteiger partial charge in [0.05, 0.1) is 16.4 Å². The van der Waals surface area contributed by atoms with Gasteiger partial charge in [0.1, 0.15) is 12.0 Å². The number of hydrogen-bond donors (Lipinski definition) is 0. The summed E-state index contributed by atoms with van der Waals surface area (Å²) in [6.07, 6.45) is -1.36. The minimum absolute atomic E-state index is 0.00906. The van der Waals surface area contributed by atoms with Gasteiger partial charge >= 0.3 is 11.7 Å². The summed E-state index contributed by atoms with van der Waals surface area (Å²) in [7, 11) is 0. The summed E-state index contributed by atoms with van der Waals surface area (Å²) in [6, 6.07) is 13.5. The minimum atomic E-state index is -1.36. The zero-order chi connectivity index (χ0) is 20.3.